The number of anilines is 1. The second-order valence-electron chi connectivity index (χ2n) is 3.40. The molecular formula is C11H13N5O3. The second-order valence-corrected chi connectivity index (χ2v) is 3.40. The van der Waals surface area contributed by atoms with Gasteiger partial charge < -0.3 is 14.8 Å². The number of carbonyl (C=O) groups excluding carboxylic acids is 1. The number of hydrogen-bond donors (Lipinski definition) is 3. The molecule has 0 atom stereocenters. The number of para-hydroxylation sites is 2. The molecule has 0 unspecified atom stereocenters. The number of amides is 2. The molecule has 2 rings (SSSR count). The fraction of sp³-hybridized carbons (Fsp3) is 0.182. The zero-order chi connectivity index (χ0) is 13.5. The summed E-state index contributed by atoms with van der Waals surface area (Å²) in [6.45, 7) is 0.000341. The van der Waals surface area contributed by atoms with Gasteiger partial charge in [0, 0.05) is 0 Å². The molecule has 2 amide bonds. The van der Waals surface area contributed by atoms with Gasteiger partial charge in [0.1, 0.15) is 6.33 Å². The van der Waals surface area contributed by atoms with Crippen LogP contribution < -0.4 is 20.1 Å². The number of carbonyl (C=O) groups is 1. The van der Waals surface area contributed by atoms with E-state index in [0.29, 0.717) is 11.5 Å². The summed E-state index contributed by atoms with van der Waals surface area (Å²) in [6.07, 6.45) is 1.29. The van der Waals surface area contributed by atoms with Crippen molar-refractivity contribution in [3.63, 3.8) is 0 Å². The number of methoxy groups -OCH3 is 1. The van der Waals surface area contributed by atoms with Crippen LogP contribution in [0.1, 0.15) is 0 Å². The molecule has 0 aliphatic rings. The first-order chi connectivity index (χ1) is 9.29. The molecule has 8 heteroatoms. The number of aromatic amines is 1. The first-order valence-corrected chi connectivity index (χ1v) is 5.45. The smallest absolute Gasteiger partial charge is 0.324 e. The Balaban J connectivity index is 1.78. The lowest BCUT2D eigenvalue weighted by molar-refractivity contribution is 0.231. The van der Waals surface area contributed by atoms with Crippen molar-refractivity contribution in [2.24, 2.45) is 0 Å². The highest BCUT2D eigenvalue weighted by Crippen LogP contribution is 2.25. The predicted octanol–water partition coefficient (Wildman–Crippen LogP) is 0.971. The average molecular weight is 263 g/mol. The fourth-order valence-corrected chi connectivity index (χ4v) is 1.33. The third-order valence-electron chi connectivity index (χ3n) is 2.18. The Kier molecular flexibility index (Phi) is 4.17. The maximum Gasteiger partial charge on any atom is 0.324 e. The quantitative estimate of drug-likeness (QED) is 0.698. The lowest BCUT2D eigenvalue weighted by Crippen LogP contribution is -2.32. The normalized spacial score (nSPS) is 9.74. The summed E-state index contributed by atoms with van der Waals surface area (Å²) in [4.78, 5) is 15.2. The van der Waals surface area contributed by atoms with Crippen LogP contribution in [0.25, 0.3) is 0 Å². The molecule has 0 spiro atoms. The molecule has 2 aromatic rings. The van der Waals surface area contributed by atoms with E-state index in [1.165, 1.54) is 6.33 Å². The number of hydrogen-bond acceptors (Lipinski definition) is 5. The molecule has 8 nitrogen and oxygen atoms in total. The minimum Gasteiger partial charge on any atom is -0.493 e. The molecule has 1 aromatic carbocycles. The number of aromatic nitrogens is 3. The zero-order valence-electron chi connectivity index (χ0n) is 10.2. The summed E-state index contributed by atoms with van der Waals surface area (Å²) in [6, 6.07) is 6.70. The van der Waals surface area contributed by atoms with Crippen LogP contribution in [0, 0.1) is 0 Å². The largest absolute Gasteiger partial charge is 0.493 e. The van der Waals surface area contributed by atoms with E-state index in [2.05, 4.69) is 25.8 Å². The molecule has 0 saturated heterocycles. The van der Waals surface area contributed by atoms with Gasteiger partial charge in [-0.25, -0.2) is 9.89 Å². The summed E-state index contributed by atoms with van der Waals surface area (Å²) in [5.41, 5.74) is 0. The van der Waals surface area contributed by atoms with Gasteiger partial charge in [0.25, 0.3) is 0 Å². The van der Waals surface area contributed by atoms with Gasteiger partial charge in [-0.2, -0.15) is 10.1 Å². The lowest BCUT2D eigenvalue weighted by atomic mass is 10.3. The molecule has 0 radical (unpaired) electrons. The van der Waals surface area contributed by atoms with E-state index in [4.69, 9.17) is 9.47 Å². The summed E-state index contributed by atoms with van der Waals surface area (Å²) >= 11 is 0. The molecule has 0 bridgehead atoms. The van der Waals surface area contributed by atoms with Crippen LogP contribution in [-0.2, 0) is 0 Å². The van der Waals surface area contributed by atoms with Crippen LogP contribution in [0.2, 0.25) is 0 Å². The highest BCUT2D eigenvalue weighted by Gasteiger charge is 2.05. The third kappa shape index (κ3) is 3.60. The molecule has 1 aromatic heterocycles. The van der Waals surface area contributed by atoms with E-state index in [9.17, 15) is 4.79 Å². The fourth-order valence-electron chi connectivity index (χ4n) is 1.33. The Morgan fingerprint density at radius 3 is 2.84 bits per heavy atom. The molecule has 3 N–H and O–H groups in total. The van der Waals surface area contributed by atoms with Crippen LogP contribution in [0.4, 0.5) is 10.7 Å². The molecule has 0 aliphatic carbocycles. The van der Waals surface area contributed by atoms with Crippen molar-refractivity contribution >= 4 is 12.0 Å². The Hall–Kier alpha value is -2.77. The van der Waals surface area contributed by atoms with Crippen LogP contribution in [0.3, 0.4) is 0 Å². The van der Waals surface area contributed by atoms with Gasteiger partial charge in [-0.05, 0) is 12.1 Å². The van der Waals surface area contributed by atoms with Crippen LogP contribution in [0.15, 0.2) is 30.6 Å². The first-order valence-electron chi connectivity index (χ1n) is 5.45. The Morgan fingerprint density at radius 1 is 1.37 bits per heavy atom. The maximum atomic E-state index is 11.4. The summed E-state index contributed by atoms with van der Waals surface area (Å²) < 4.78 is 10.5. The summed E-state index contributed by atoms with van der Waals surface area (Å²) in [5, 5.41) is 11.1. The number of nitrogens with one attached hydrogen (secondary N) is 3. The van der Waals surface area contributed by atoms with Gasteiger partial charge in [0.15, 0.2) is 18.2 Å². The second kappa shape index (κ2) is 6.24. The number of ether oxygens (including phenoxy) is 2. The number of benzene rings is 1. The minimum atomic E-state index is -0.452. The highest BCUT2D eigenvalue weighted by atomic mass is 16.5. The predicted molar refractivity (Wildman–Crippen MR) is 67.0 cm³/mol. The summed E-state index contributed by atoms with van der Waals surface area (Å²) in [7, 11) is 1.55. The Labute approximate surface area is 109 Å². The van der Waals surface area contributed by atoms with E-state index in [-0.39, 0.29) is 12.7 Å². The topological polar surface area (TPSA) is 101 Å². The van der Waals surface area contributed by atoms with E-state index >= 15 is 0 Å². The SMILES string of the molecule is COc1ccccc1OCNC(=O)Nc1ncn[nH]1. The van der Waals surface area contributed by atoms with Crippen molar-refractivity contribution in [2.45, 2.75) is 0 Å². The molecule has 0 aliphatic heterocycles. The van der Waals surface area contributed by atoms with Gasteiger partial charge in [-0.3, -0.25) is 5.32 Å². The number of H-pyrrole nitrogens is 1. The van der Waals surface area contributed by atoms with E-state index in [1.54, 1.807) is 19.2 Å². The van der Waals surface area contributed by atoms with Gasteiger partial charge in [0.05, 0.1) is 7.11 Å². The van der Waals surface area contributed by atoms with Crippen molar-refractivity contribution < 1.29 is 14.3 Å². The zero-order valence-corrected chi connectivity index (χ0v) is 10.2. The van der Waals surface area contributed by atoms with Crippen LogP contribution >= 0.6 is 0 Å². The van der Waals surface area contributed by atoms with Crippen molar-refractivity contribution in [2.75, 3.05) is 19.2 Å². The number of urea groups is 1. The van der Waals surface area contributed by atoms with E-state index in [0.717, 1.165) is 0 Å². The third-order valence-corrected chi connectivity index (χ3v) is 2.18. The molecule has 0 saturated carbocycles. The van der Waals surface area contributed by atoms with Crippen LogP contribution in [-0.4, -0.2) is 35.1 Å². The van der Waals surface area contributed by atoms with Crippen LogP contribution in [0.5, 0.6) is 11.5 Å². The molecule has 0 fully saturated rings. The van der Waals surface area contributed by atoms with Gasteiger partial charge >= 0.3 is 6.03 Å². The highest BCUT2D eigenvalue weighted by molar-refractivity contribution is 5.87. The van der Waals surface area contributed by atoms with Crippen molar-refractivity contribution in [1.29, 1.82) is 0 Å². The average Bonchev–Trinajstić information content (AvgIpc) is 2.92. The Bertz CT molecular complexity index is 529. The van der Waals surface area contributed by atoms with Crippen molar-refractivity contribution in [3.05, 3.63) is 30.6 Å². The first kappa shape index (κ1) is 12.7. The van der Waals surface area contributed by atoms with Crippen molar-refractivity contribution in [3.8, 4) is 11.5 Å². The Morgan fingerprint density at radius 2 is 2.16 bits per heavy atom. The molecule has 19 heavy (non-hydrogen) atoms. The lowest BCUT2D eigenvalue weighted by Gasteiger charge is -2.10. The van der Waals surface area contributed by atoms with E-state index < -0.39 is 6.03 Å². The minimum absolute atomic E-state index is 0.000341. The maximum absolute atomic E-state index is 11.4. The van der Waals surface area contributed by atoms with Gasteiger partial charge in [0.2, 0.25) is 5.95 Å². The van der Waals surface area contributed by atoms with Crippen molar-refractivity contribution in [1.82, 2.24) is 20.5 Å². The number of nitrogens with zero attached hydrogens (tertiary/aromatic N) is 2. The monoisotopic (exact) mass is 263 g/mol. The van der Waals surface area contributed by atoms with Gasteiger partial charge in [-0.15, -0.1) is 0 Å². The molecule has 1 heterocycles. The summed E-state index contributed by atoms with van der Waals surface area (Å²) in [5.74, 6) is 1.40. The van der Waals surface area contributed by atoms with Gasteiger partial charge in [-0.1, -0.05) is 12.1 Å². The van der Waals surface area contributed by atoms with E-state index in [1.807, 2.05) is 12.1 Å². The standard InChI is InChI=1S/C11H13N5O3/c1-18-8-4-2-3-5-9(8)19-7-13-11(17)15-10-12-6-14-16-10/h2-6H,7H2,1H3,(H3,12,13,14,15,16,17). The molecular weight excluding hydrogens is 250 g/mol. The molecule has 100 valence electrons. The number of rotatable bonds is 5.